The van der Waals surface area contributed by atoms with Crippen LogP contribution in [0.2, 0.25) is 0 Å². The van der Waals surface area contributed by atoms with Crippen LogP contribution in [0.25, 0.3) is 0 Å². The van der Waals surface area contributed by atoms with Crippen LogP contribution < -0.4 is 15.4 Å². The Labute approximate surface area is 161 Å². The molecular formula is C20H19N3O3S. The molecule has 0 spiro atoms. The molecule has 27 heavy (non-hydrogen) atoms. The quantitative estimate of drug-likeness (QED) is 0.779. The second-order valence-electron chi connectivity index (χ2n) is 7.21. The van der Waals surface area contributed by atoms with E-state index in [1.165, 1.54) is 18.3 Å². The Morgan fingerprint density at radius 3 is 3.00 bits per heavy atom. The fourth-order valence-electron chi connectivity index (χ4n) is 3.50. The van der Waals surface area contributed by atoms with E-state index in [1.54, 1.807) is 24.3 Å². The summed E-state index contributed by atoms with van der Waals surface area (Å²) in [5, 5.41) is 15.6. The Hall–Kier alpha value is -2.85. The smallest absolute Gasteiger partial charge is 0.278 e. The van der Waals surface area contributed by atoms with E-state index in [-0.39, 0.29) is 0 Å². The van der Waals surface area contributed by atoms with Crippen LogP contribution in [0.3, 0.4) is 0 Å². The summed E-state index contributed by atoms with van der Waals surface area (Å²) in [4.78, 5) is 26.6. The van der Waals surface area contributed by atoms with Crippen molar-refractivity contribution in [2.75, 3.05) is 10.6 Å². The highest BCUT2D eigenvalue weighted by Crippen LogP contribution is 2.40. The number of thiophene rings is 1. The summed E-state index contributed by atoms with van der Waals surface area (Å²) in [6, 6.07) is 9.19. The molecule has 4 rings (SSSR count). The van der Waals surface area contributed by atoms with Crippen LogP contribution in [0.4, 0.5) is 10.7 Å². The number of ether oxygens (including phenoxy) is 1. The summed E-state index contributed by atoms with van der Waals surface area (Å²) in [5.41, 5.74) is 0.362. The molecule has 2 aromatic rings. The van der Waals surface area contributed by atoms with Gasteiger partial charge in [-0.1, -0.05) is 19.1 Å². The highest BCUT2D eigenvalue weighted by atomic mass is 32.1. The van der Waals surface area contributed by atoms with Crippen LogP contribution in [0.1, 0.15) is 36.3 Å². The van der Waals surface area contributed by atoms with Gasteiger partial charge in [-0.3, -0.25) is 9.59 Å². The van der Waals surface area contributed by atoms with Gasteiger partial charge in [0.05, 0.1) is 11.3 Å². The number of anilines is 2. The molecule has 2 N–H and O–H groups in total. The lowest BCUT2D eigenvalue weighted by Crippen LogP contribution is -2.56. The highest BCUT2D eigenvalue weighted by molar-refractivity contribution is 7.16. The van der Waals surface area contributed by atoms with E-state index in [0.29, 0.717) is 27.9 Å². The van der Waals surface area contributed by atoms with Crippen molar-refractivity contribution < 1.29 is 14.3 Å². The van der Waals surface area contributed by atoms with Crippen molar-refractivity contribution in [2.24, 2.45) is 5.92 Å². The Balaban J connectivity index is 1.63. The summed E-state index contributed by atoms with van der Waals surface area (Å²) < 4.78 is 5.76. The van der Waals surface area contributed by atoms with Gasteiger partial charge in [-0.05, 0) is 49.8 Å². The first-order valence-corrected chi connectivity index (χ1v) is 9.69. The third-order valence-corrected chi connectivity index (χ3v) is 6.34. The lowest BCUT2D eigenvalue weighted by Gasteiger charge is -2.33. The van der Waals surface area contributed by atoms with Crippen LogP contribution in [0.5, 0.6) is 5.75 Å². The molecule has 0 saturated carbocycles. The van der Waals surface area contributed by atoms with Gasteiger partial charge in [0.15, 0.2) is 0 Å². The molecule has 138 valence electrons. The van der Waals surface area contributed by atoms with Gasteiger partial charge in [0.2, 0.25) is 0 Å². The summed E-state index contributed by atoms with van der Waals surface area (Å²) in [7, 11) is 0. The zero-order chi connectivity index (χ0) is 19.2. The lowest BCUT2D eigenvalue weighted by atomic mass is 9.88. The monoisotopic (exact) mass is 381 g/mol. The topological polar surface area (TPSA) is 91.2 Å². The number of amides is 2. The van der Waals surface area contributed by atoms with Crippen molar-refractivity contribution in [3.05, 3.63) is 40.3 Å². The standard InChI is InChI=1S/C20H19N3O3S/c1-11-7-8-12-13(10-21)17(27-16(12)9-11)23-19(25)20(2)18(24)22-14-5-3-4-6-15(14)26-20/h3-6,11H,7-9H2,1-2H3,(H,22,24)(H,23,25). The lowest BCUT2D eigenvalue weighted by molar-refractivity contribution is -0.143. The van der Waals surface area contributed by atoms with Crippen LogP contribution in [-0.2, 0) is 22.4 Å². The first-order valence-electron chi connectivity index (χ1n) is 8.88. The van der Waals surface area contributed by atoms with Gasteiger partial charge in [0, 0.05) is 4.88 Å². The summed E-state index contributed by atoms with van der Waals surface area (Å²) in [6.07, 6.45) is 2.78. The number of nitriles is 1. The van der Waals surface area contributed by atoms with Crippen molar-refractivity contribution in [2.45, 2.75) is 38.7 Å². The number of carbonyl (C=O) groups is 2. The first kappa shape index (κ1) is 17.6. The van der Waals surface area contributed by atoms with Crippen LogP contribution in [0.15, 0.2) is 24.3 Å². The normalized spacial score (nSPS) is 23.3. The van der Waals surface area contributed by atoms with E-state index in [9.17, 15) is 14.9 Å². The molecule has 2 atom stereocenters. The number of benzene rings is 1. The average Bonchev–Trinajstić information content (AvgIpc) is 2.98. The molecule has 6 nitrogen and oxygen atoms in total. The molecule has 2 heterocycles. The van der Waals surface area contributed by atoms with Gasteiger partial charge >= 0.3 is 0 Å². The summed E-state index contributed by atoms with van der Waals surface area (Å²) in [5.74, 6) is -0.118. The molecule has 1 aromatic carbocycles. The largest absolute Gasteiger partial charge is 0.466 e. The minimum absolute atomic E-state index is 0.439. The SMILES string of the molecule is CC1CCc2c(sc(NC(=O)C3(C)Oc4ccccc4NC3=O)c2C#N)C1. The predicted molar refractivity (Wildman–Crippen MR) is 103 cm³/mol. The molecule has 1 aromatic heterocycles. The number of rotatable bonds is 2. The molecule has 7 heteroatoms. The van der Waals surface area contributed by atoms with Gasteiger partial charge in [-0.2, -0.15) is 5.26 Å². The fourth-order valence-corrected chi connectivity index (χ4v) is 4.85. The van der Waals surface area contributed by atoms with Crippen molar-refractivity contribution >= 4 is 33.8 Å². The van der Waals surface area contributed by atoms with E-state index in [2.05, 4.69) is 23.6 Å². The first-order chi connectivity index (χ1) is 12.9. The Morgan fingerprint density at radius 2 is 2.22 bits per heavy atom. The van der Waals surface area contributed by atoms with E-state index in [4.69, 9.17) is 4.74 Å². The fraction of sp³-hybridized carbons (Fsp3) is 0.350. The number of para-hydroxylation sites is 2. The van der Waals surface area contributed by atoms with Crippen LogP contribution >= 0.6 is 11.3 Å². The maximum Gasteiger partial charge on any atom is 0.278 e. The van der Waals surface area contributed by atoms with Gasteiger partial charge in [-0.15, -0.1) is 11.3 Å². The van der Waals surface area contributed by atoms with E-state index >= 15 is 0 Å². The molecule has 1 aliphatic heterocycles. The van der Waals surface area contributed by atoms with E-state index in [0.717, 1.165) is 29.7 Å². The molecule has 1 aliphatic carbocycles. The third kappa shape index (κ3) is 2.86. The Kier molecular flexibility index (Phi) is 4.16. The average molecular weight is 381 g/mol. The molecular weight excluding hydrogens is 362 g/mol. The molecule has 2 amide bonds. The minimum Gasteiger partial charge on any atom is -0.466 e. The number of hydrogen-bond donors (Lipinski definition) is 2. The molecule has 2 unspecified atom stereocenters. The summed E-state index contributed by atoms with van der Waals surface area (Å²) >= 11 is 1.43. The number of hydrogen-bond acceptors (Lipinski definition) is 5. The van der Waals surface area contributed by atoms with Crippen LogP contribution in [-0.4, -0.2) is 17.4 Å². The van der Waals surface area contributed by atoms with E-state index < -0.39 is 17.4 Å². The van der Waals surface area contributed by atoms with Crippen molar-refractivity contribution in [3.8, 4) is 11.8 Å². The zero-order valence-corrected chi connectivity index (χ0v) is 15.9. The van der Waals surface area contributed by atoms with Crippen molar-refractivity contribution in [1.29, 1.82) is 5.26 Å². The van der Waals surface area contributed by atoms with Gasteiger partial charge in [0.1, 0.15) is 16.8 Å². The van der Waals surface area contributed by atoms with Gasteiger partial charge < -0.3 is 15.4 Å². The molecule has 2 aliphatic rings. The zero-order valence-electron chi connectivity index (χ0n) is 15.1. The molecule has 0 saturated heterocycles. The highest BCUT2D eigenvalue weighted by Gasteiger charge is 2.47. The maximum absolute atomic E-state index is 13.0. The number of nitrogens with one attached hydrogen (secondary N) is 2. The Morgan fingerprint density at radius 1 is 1.44 bits per heavy atom. The molecule has 0 bridgehead atoms. The number of nitrogens with zero attached hydrogens (tertiary/aromatic N) is 1. The van der Waals surface area contributed by atoms with Crippen molar-refractivity contribution in [1.82, 2.24) is 0 Å². The number of fused-ring (bicyclic) bond motifs is 2. The van der Waals surface area contributed by atoms with Gasteiger partial charge in [0.25, 0.3) is 17.4 Å². The van der Waals surface area contributed by atoms with Gasteiger partial charge in [-0.25, -0.2) is 0 Å². The third-order valence-electron chi connectivity index (χ3n) is 5.17. The molecule has 0 radical (unpaired) electrons. The Bertz CT molecular complexity index is 991. The predicted octanol–water partition coefficient (Wildman–Crippen LogP) is 3.47. The number of carbonyl (C=O) groups excluding carboxylic acids is 2. The van der Waals surface area contributed by atoms with E-state index in [1.807, 2.05) is 0 Å². The van der Waals surface area contributed by atoms with Crippen LogP contribution in [0, 0.1) is 17.2 Å². The second-order valence-corrected chi connectivity index (χ2v) is 8.31. The van der Waals surface area contributed by atoms with Crippen molar-refractivity contribution in [3.63, 3.8) is 0 Å². The minimum atomic E-state index is -1.71. The maximum atomic E-state index is 13.0. The molecule has 0 fully saturated rings. The summed E-state index contributed by atoms with van der Waals surface area (Å²) in [6.45, 7) is 3.63. The second kappa shape index (κ2) is 6.39.